The third kappa shape index (κ3) is 1.90. The largest absolute Gasteiger partial charge is 0.462 e. The Kier molecular flexibility index (Phi) is 2.83. The van der Waals surface area contributed by atoms with Crippen LogP contribution in [0.5, 0.6) is 0 Å². The van der Waals surface area contributed by atoms with Gasteiger partial charge in [-0.1, -0.05) is 0 Å². The molecule has 0 fully saturated rings. The number of esters is 1. The van der Waals surface area contributed by atoms with Crippen molar-refractivity contribution in [2.75, 3.05) is 6.61 Å². The normalized spacial score (nSPS) is 13.2. The molecule has 0 aliphatic carbocycles. The number of fused-ring (bicyclic) bond motifs is 2. The lowest BCUT2D eigenvalue weighted by molar-refractivity contribution is 0.0524. The molecular formula is C14H10N2O5. The molecule has 106 valence electrons. The zero-order chi connectivity index (χ0) is 15.1. The molecule has 7 heteroatoms. The number of benzene rings is 1. The number of ether oxygens (including phenoxy) is 1. The zero-order valence-corrected chi connectivity index (χ0v) is 11.0. The van der Waals surface area contributed by atoms with Crippen LogP contribution in [0.15, 0.2) is 23.1 Å². The molecule has 1 aromatic heterocycles. The molecule has 2 amide bonds. The van der Waals surface area contributed by atoms with E-state index in [0.717, 1.165) is 0 Å². The van der Waals surface area contributed by atoms with Gasteiger partial charge in [0.15, 0.2) is 0 Å². The minimum absolute atomic E-state index is 0.124. The molecular weight excluding hydrogens is 276 g/mol. The van der Waals surface area contributed by atoms with Crippen LogP contribution in [-0.2, 0) is 4.74 Å². The third-order valence-corrected chi connectivity index (χ3v) is 3.23. The number of hydrogen-bond acceptors (Lipinski definition) is 5. The van der Waals surface area contributed by atoms with Crippen molar-refractivity contribution < 1.29 is 19.1 Å². The van der Waals surface area contributed by atoms with E-state index in [-0.39, 0.29) is 28.7 Å². The van der Waals surface area contributed by atoms with Gasteiger partial charge in [0.2, 0.25) is 5.43 Å². The fourth-order valence-corrected chi connectivity index (χ4v) is 2.24. The molecule has 2 aromatic rings. The molecule has 1 aliphatic rings. The number of carbonyl (C=O) groups excluding carboxylic acids is 3. The van der Waals surface area contributed by atoms with Gasteiger partial charge >= 0.3 is 5.97 Å². The van der Waals surface area contributed by atoms with Gasteiger partial charge in [-0.3, -0.25) is 19.7 Å². The van der Waals surface area contributed by atoms with Crippen LogP contribution in [0.3, 0.4) is 0 Å². The lowest BCUT2D eigenvalue weighted by Gasteiger charge is -2.04. The lowest BCUT2D eigenvalue weighted by Crippen LogP contribution is -2.20. The molecule has 0 unspecified atom stereocenters. The topological polar surface area (TPSA) is 105 Å². The van der Waals surface area contributed by atoms with Gasteiger partial charge in [0.1, 0.15) is 5.56 Å². The first kappa shape index (κ1) is 13.0. The summed E-state index contributed by atoms with van der Waals surface area (Å²) >= 11 is 0. The second-order valence-corrected chi connectivity index (χ2v) is 4.48. The Morgan fingerprint density at radius 1 is 1.14 bits per heavy atom. The molecule has 3 rings (SSSR count). The van der Waals surface area contributed by atoms with Crippen LogP contribution in [0.2, 0.25) is 0 Å². The summed E-state index contributed by atoms with van der Waals surface area (Å²) in [7, 11) is 0. The second-order valence-electron chi connectivity index (χ2n) is 4.48. The van der Waals surface area contributed by atoms with E-state index >= 15 is 0 Å². The molecule has 2 heterocycles. The van der Waals surface area contributed by atoms with Crippen LogP contribution in [0.4, 0.5) is 0 Å². The number of amides is 2. The molecule has 2 N–H and O–H groups in total. The Hall–Kier alpha value is -2.96. The number of aromatic nitrogens is 1. The fourth-order valence-electron chi connectivity index (χ4n) is 2.24. The van der Waals surface area contributed by atoms with E-state index in [1.165, 1.54) is 18.3 Å². The lowest BCUT2D eigenvalue weighted by atomic mass is 10.0. The number of rotatable bonds is 2. The minimum atomic E-state index is -0.735. The van der Waals surface area contributed by atoms with Gasteiger partial charge in [0.25, 0.3) is 11.8 Å². The van der Waals surface area contributed by atoms with E-state index in [0.29, 0.717) is 5.52 Å². The summed E-state index contributed by atoms with van der Waals surface area (Å²) < 4.78 is 4.80. The summed E-state index contributed by atoms with van der Waals surface area (Å²) in [6, 6.07) is 2.73. The number of pyridine rings is 1. The smallest absolute Gasteiger partial charge is 0.343 e. The summed E-state index contributed by atoms with van der Waals surface area (Å²) in [5.41, 5.74) is 0.00822. The first-order chi connectivity index (χ1) is 10.0. The van der Waals surface area contributed by atoms with E-state index in [4.69, 9.17) is 4.74 Å². The standard InChI is InChI=1S/C14H10N2O5/c1-2-21-14(20)9-5-15-10-4-7-6(3-8(10)11(9)17)12(18)16-13(7)19/h3-5H,2H2,1H3,(H,15,17)(H,16,18,19). The van der Waals surface area contributed by atoms with Crippen LogP contribution in [-0.4, -0.2) is 29.4 Å². The van der Waals surface area contributed by atoms with Gasteiger partial charge in [-0.15, -0.1) is 0 Å². The maximum absolute atomic E-state index is 12.3. The quantitative estimate of drug-likeness (QED) is 0.621. The van der Waals surface area contributed by atoms with Crippen LogP contribution >= 0.6 is 0 Å². The third-order valence-electron chi connectivity index (χ3n) is 3.23. The molecule has 0 radical (unpaired) electrons. The zero-order valence-electron chi connectivity index (χ0n) is 11.0. The van der Waals surface area contributed by atoms with Gasteiger partial charge < -0.3 is 9.72 Å². The predicted molar refractivity (Wildman–Crippen MR) is 72.3 cm³/mol. The Labute approximate surface area is 117 Å². The second kappa shape index (κ2) is 4.55. The molecule has 0 saturated carbocycles. The van der Waals surface area contributed by atoms with Gasteiger partial charge in [-0.05, 0) is 19.1 Å². The van der Waals surface area contributed by atoms with Gasteiger partial charge in [-0.2, -0.15) is 0 Å². The molecule has 0 spiro atoms. The van der Waals surface area contributed by atoms with Gasteiger partial charge in [0, 0.05) is 11.6 Å². The fraction of sp³-hybridized carbons (Fsp3) is 0.143. The number of nitrogens with one attached hydrogen (secondary N) is 2. The first-order valence-electron chi connectivity index (χ1n) is 6.25. The highest BCUT2D eigenvalue weighted by molar-refractivity contribution is 6.23. The summed E-state index contributed by atoms with van der Waals surface area (Å²) in [5, 5.41) is 2.31. The Morgan fingerprint density at radius 2 is 1.81 bits per heavy atom. The number of hydrogen-bond donors (Lipinski definition) is 2. The molecule has 0 bridgehead atoms. The minimum Gasteiger partial charge on any atom is -0.462 e. The van der Waals surface area contributed by atoms with Gasteiger partial charge in [-0.25, -0.2) is 4.79 Å². The highest BCUT2D eigenvalue weighted by Gasteiger charge is 2.28. The van der Waals surface area contributed by atoms with E-state index in [2.05, 4.69) is 10.3 Å². The van der Waals surface area contributed by atoms with Crippen molar-refractivity contribution in [3.8, 4) is 0 Å². The summed E-state index contributed by atoms with van der Waals surface area (Å²) in [4.78, 5) is 49.9. The van der Waals surface area contributed by atoms with Crippen molar-refractivity contribution in [1.29, 1.82) is 0 Å². The number of imide groups is 1. The Balaban J connectivity index is 2.26. The highest BCUT2D eigenvalue weighted by Crippen LogP contribution is 2.20. The molecule has 0 atom stereocenters. The molecule has 0 saturated heterocycles. The molecule has 7 nitrogen and oxygen atoms in total. The monoisotopic (exact) mass is 286 g/mol. The SMILES string of the molecule is CCOC(=O)c1c[nH]c2cc3c(cc2c1=O)C(=O)NC3=O. The summed E-state index contributed by atoms with van der Waals surface area (Å²) in [5.74, 6) is -1.80. The van der Waals surface area contributed by atoms with E-state index in [1.807, 2.05) is 0 Å². The van der Waals surface area contributed by atoms with Gasteiger partial charge in [0.05, 0.1) is 23.3 Å². The average molecular weight is 286 g/mol. The van der Waals surface area contributed by atoms with Crippen molar-refractivity contribution in [3.05, 3.63) is 45.2 Å². The van der Waals surface area contributed by atoms with Crippen molar-refractivity contribution in [1.82, 2.24) is 10.3 Å². The van der Waals surface area contributed by atoms with Crippen molar-refractivity contribution in [3.63, 3.8) is 0 Å². The van der Waals surface area contributed by atoms with Crippen molar-refractivity contribution >= 4 is 28.7 Å². The molecule has 21 heavy (non-hydrogen) atoms. The first-order valence-corrected chi connectivity index (χ1v) is 6.25. The van der Waals surface area contributed by atoms with Crippen LogP contribution < -0.4 is 10.7 Å². The van der Waals surface area contributed by atoms with Crippen LogP contribution in [0.1, 0.15) is 38.0 Å². The predicted octanol–water partition coefficient (Wildman–Crippen LogP) is 0.588. The summed E-state index contributed by atoms with van der Waals surface area (Å²) in [6.45, 7) is 1.79. The number of H-pyrrole nitrogens is 1. The van der Waals surface area contributed by atoms with Crippen molar-refractivity contribution in [2.24, 2.45) is 0 Å². The maximum Gasteiger partial charge on any atom is 0.343 e. The average Bonchev–Trinajstić information content (AvgIpc) is 2.73. The number of aromatic amines is 1. The Morgan fingerprint density at radius 3 is 2.48 bits per heavy atom. The highest BCUT2D eigenvalue weighted by atomic mass is 16.5. The molecule has 1 aliphatic heterocycles. The molecule has 1 aromatic carbocycles. The van der Waals surface area contributed by atoms with E-state index in [9.17, 15) is 19.2 Å². The van der Waals surface area contributed by atoms with Crippen LogP contribution in [0.25, 0.3) is 10.9 Å². The van der Waals surface area contributed by atoms with E-state index < -0.39 is 23.2 Å². The number of carbonyl (C=O) groups is 3. The van der Waals surface area contributed by atoms with E-state index in [1.54, 1.807) is 6.92 Å². The van der Waals surface area contributed by atoms with Crippen molar-refractivity contribution in [2.45, 2.75) is 6.92 Å². The summed E-state index contributed by atoms with van der Waals surface area (Å²) in [6.07, 6.45) is 1.24. The maximum atomic E-state index is 12.3. The Bertz CT molecular complexity index is 866. The van der Waals surface area contributed by atoms with Crippen LogP contribution in [0, 0.1) is 0 Å².